The third-order valence-electron chi connectivity index (χ3n) is 4.22. The number of carbonyl (C=O) groups excluding carboxylic acids is 1. The Balaban J connectivity index is 1.52. The number of carbonyl (C=O) groups is 1. The molecule has 19 heavy (non-hydrogen) atoms. The van der Waals surface area contributed by atoms with Crippen LogP contribution in [0, 0.1) is 23.6 Å². The van der Waals surface area contributed by atoms with Gasteiger partial charge in [-0.25, -0.2) is 9.82 Å². The Bertz CT molecular complexity index is 485. The maximum absolute atomic E-state index is 12.7. The van der Waals surface area contributed by atoms with Gasteiger partial charge < -0.3 is 0 Å². The second-order valence-electron chi connectivity index (χ2n) is 5.42. The van der Waals surface area contributed by atoms with Crippen molar-refractivity contribution in [2.45, 2.75) is 25.7 Å². The van der Waals surface area contributed by atoms with Crippen molar-refractivity contribution in [3.63, 3.8) is 0 Å². The molecule has 2 atom stereocenters. The lowest BCUT2D eigenvalue weighted by Crippen LogP contribution is -2.20. The van der Waals surface area contributed by atoms with Crippen LogP contribution in [0.15, 0.2) is 29.4 Å². The minimum Gasteiger partial charge on any atom is -0.273 e. The number of hydrazone groups is 1. The Labute approximate surface area is 111 Å². The van der Waals surface area contributed by atoms with E-state index in [0.717, 1.165) is 5.56 Å². The van der Waals surface area contributed by atoms with E-state index >= 15 is 0 Å². The van der Waals surface area contributed by atoms with Gasteiger partial charge in [-0.05, 0) is 42.4 Å². The van der Waals surface area contributed by atoms with E-state index in [4.69, 9.17) is 0 Å². The van der Waals surface area contributed by atoms with Crippen molar-refractivity contribution < 1.29 is 9.18 Å². The fraction of sp³-hybridized carbons (Fsp3) is 0.467. The molecule has 2 aliphatic carbocycles. The van der Waals surface area contributed by atoms with E-state index in [-0.39, 0.29) is 17.6 Å². The molecule has 1 amide bonds. The largest absolute Gasteiger partial charge is 0.273 e. The van der Waals surface area contributed by atoms with Gasteiger partial charge in [0.2, 0.25) is 5.91 Å². The number of rotatable bonds is 3. The Hall–Kier alpha value is -1.71. The average molecular weight is 260 g/mol. The summed E-state index contributed by atoms with van der Waals surface area (Å²) in [6, 6.07) is 6.00. The molecule has 100 valence electrons. The topological polar surface area (TPSA) is 41.5 Å². The van der Waals surface area contributed by atoms with Gasteiger partial charge in [0.25, 0.3) is 0 Å². The molecule has 0 unspecified atom stereocenters. The van der Waals surface area contributed by atoms with Crippen LogP contribution < -0.4 is 5.43 Å². The van der Waals surface area contributed by atoms with Crippen molar-refractivity contribution in [3.8, 4) is 0 Å². The fourth-order valence-corrected chi connectivity index (χ4v) is 3.18. The van der Waals surface area contributed by atoms with E-state index in [9.17, 15) is 9.18 Å². The quantitative estimate of drug-likeness (QED) is 0.659. The lowest BCUT2D eigenvalue weighted by molar-refractivity contribution is -0.122. The molecule has 2 saturated carbocycles. The van der Waals surface area contributed by atoms with Crippen LogP contribution >= 0.6 is 0 Å². The molecule has 3 nitrogen and oxygen atoms in total. The molecular formula is C15H17FN2O. The van der Waals surface area contributed by atoms with Crippen LogP contribution in [-0.4, -0.2) is 12.1 Å². The smallest absolute Gasteiger partial charge is 0.243 e. The molecule has 1 aromatic rings. The monoisotopic (exact) mass is 260 g/mol. The predicted octanol–water partition coefficient (Wildman–Crippen LogP) is 2.71. The van der Waals surface area contributed by atoms with Gasteiger partial charge >= 0.3 is 0 Å². The molecule has 2 aliphatic rings. The molecule has 0 spiro atoms. The Morgan fingerprint density at radius 2 is 1.84 bits per heavy atom. The lowest BCUT2D eigenvalue weighted by atomic mass is 10.0. The Morgan fingerprint density at radius 1 is 1.21 bits per heavy atom. The highest BCUT2D eigenvalue weighted by Crippen LogP contribution is 2.55. The van der Waals surface area contributed by atoms with Crippen LogP contribution in [-0.2, 0) is 4.79 Å². The van der Waals surface area contributed by atoms with Crippen LogP contribution in [0.2, 0.25) is 0 Å². The zero-order valence-corrected chi connectivity index (χ0v) is 10.7. The third-order valence-corrected chi connectivity index (χ3v) is 4.22. The molecule has 3 rings (SSSR count). The summed E-state index contributed by atoms with van der Waals surface area (Å²) in [6.45, 7) is 0. The first kappa shape index (κ1) is 12.3. The first-order chi connectivity index (χ1) is 9.25. The first-order valence-corrected chi connectivity index (χ1v) is 6.84. The van der Waals surface area contributed by atoms with Gasteiger partial charge in [0, 0.05) is 5.92 Å². The van der Waals surface area contributed by atoms with E-state index in [1.54, 1.807) is 18.3 Å². The molecule has 4 heteroatoms. The summed E-state index contributed by atoms with van der Waals surface area (Å²) in [4.78, 5) is 11.9. The fourth-order valence-electron chi connectivity index (χ4n) is 3.18. The molecular weight excluding hydrogens is 243 g/mol. The van der Waals surface area contributed by atoms with Gasteiger partial charge in [0.15, 0.2) is 0 Å². The Kier molecular flexibility index (Phi) is 3.32. The number of fused-ring (bicyclic) bond motifs is 1. The predicted molar refractivity (Wildman–Crippen MR) is 71.1 cm³/mol. The van der Waals surface area contributed by atoms with E-state index < -0.39 is 0 Å². The van der Waals surface area contributed by atoms with E-state index in [0.29, 0.717) is 11.8 Å². The van der Waals surface area contributed by atoms with Gasteiger partial charge in [0.05, 0.1) is 6.21 Å². The SMILES string of the molecule is O=C(N/N=C\c1ccc(F)cc1)C1[C@H]2CCCC[C@H]12. The first-order valence-electron chi connectivity index (χ1n) is 6.84. The molecule has 0 radical (unpaired) electrons. The summed E-state index contributed by atoms with van der Waals surface area (Å²) < 4.78 is 12.7. The Morgan fingerprint density at radius 3 is 2.47 bits per heavy atom. The highest BCUT2D eigenvalue weighted by molar-refractivity contribution is 5.85. The van der Waals surface area contributed by atoms with Gasteiger partial charge in [-0.3, -0.25) is 4.79 Å². The normalized spacial score (nSPS) is 29.0. The summed E-state index contributed by atoms with van der Waals surface area (Å²) in [6.07, 6.45) is 6.42. The summed E-state index contributed by atoms with van der Waals surface area (Å²) in [5, 5.41) is 3.94. The summed E-state index contributed by atoms with van der Waals surface area (Å²) in [7, 11) is 0. The molecule has 0 bridgehead atoms. The van der Waals surface area contributed by atoms with Gasteiger partial charge in [-0.2, -0.15) is 5.10 Å². The van der Waals surface area contributed by atoms with Crippen molar-refractivity contribution in [3.05, 3.63) is 35.6 Å². The van der Waals surface area contributed by atoms with Crippen LogP contribution in [0.3, 0.4) is 0 Å². The van der Waals surface area contributed by atoms with Crippen molar-refractivity contribution in [1.82, 2.24) is 5.43 Å². The minimum absolute atomic E-state index is 0.0373. The van der Waals surface area contributed by atoms with Crippen LogP contribution in [0.1, 0.15) is 31.2 Å². The second kappa shape index (κ2) is 5.11. The summed E-state index contributed by atoms with van der Waals surface area (Å²) in [5.41, 5.74) is 3.37. The third kappa shape index (κ3) is 2.67. The maximum atomic E-state index is 12.7. The van der Waals surface area contributed by atoms with Gasteiger partial charge in [-0.1, -0.05) is 25.0 Å². The molecule has 1 N–H and O–H groups in total. The number of hydrogen-bond donors (Lipinski definition) is 1. The van der Waals surface area contributed by atoms with Gasteiger partial charge in [-0.15, -0.1) is 0 Å². The highest BCUT2D eigenvalue weighted by atomic mass is 19.1. The summed E-state index contributed by atoms with van der Waals surface area (Å²) in [5.74, 6) is 1.12. The average Bonchev–Trinajstić information content (AvgIpc) is 3.15. The van der Waals surface area contributed by atoms with Crippen molar-refractivity contribution in [2.24, 2.45) is 22.9 Å². The number of benzene rings is 1. The van der Waals surface area contributed by atoms with E-state index in [1.165, 1.54) is 37.8 Å². The van der Waals surface area contributed by atoms with Crippen LogP contribution in [0.25, 0.3) is 0 Å². The van der Waals surface area contributed by atoms with Crippen LogP contribution in [0.5, 0.6) is 0 Å². The van der Waals surface area contributed by atoms with Crippen molar-refractivity contribution >= 4 is 12.1 Å². The second-order valence-corrected chi connectivity index (χ2v) is 5.42. The lowest BCUT2D eigenvalue weighted by Gasteiger charge is -2.04. The molecule has 0 heterocycles. The number of nitrogens with one attached hydrogen (secondary N) is 1. The highest BCUT2D eigenvalue weighted by Gasteiger charge is 2.54. The number of amides is 1. The molecule has 1 aromatic carbocycles. The van der Waals surface area contributed by atoms with Crippen molar-refractivity contribution in [1.29, 1.82) is 0 Å². The van der Waals surface area contributed by atoms with E-state index in [1.807, 2.05) is 0 Å². The van der Waals surface area contributed by atoms with Crippen molar-refractivity contribution in [2.75, 3.05) is 0 Å². The molecule has 0 saturated heterocycles. The number of halogens is 1. The molecule has 2 fully saturated rings. The number of hydrogen-bond acceptors (Lipinski definition) is 2. The molecule has 0 aromatic heterocycles. The minimum atomic E-state index is -0.275. The summed E-state index contributed by atoms with van der Waals surface area (Å²) >= 11 is 0. The van der Waals surface area contributed by atoms with Gasteiger partial charge in [0.1, 0.15) is 5.82 Å². The molecule has 0 aliphatic heterocycles. The zero-order valence-electron chi connectivity index (χ0n) is 10.7. The zero-order chi connectivity index (χ0) is 13.2. The number of nitrogens with zero attached hydrogens (tertiary/aromatic N) is 1. The maximum Gasteiger partial charge on any atom is 0.243 e. The van der Waals surface area contributed by atoms with E-state index in [2.05, 4.69) is 10.5 Å². The standard InChI is InChI=1S/C15H17FN2O/c16-11-7-5-10(6-8-11)9-17-18-15(19)14-12-3-1-2-4-13(12)14/h5-9,12-14H,1-4H2,(H,18,19)/b17-9-/t12-,13-/m0/s1. The van der Waals surface area contributed by atoms with Crippen LogP contribution in [0.4, 0.5) is 4.39 Å².